The lowest BCUT2D eigenvalue weighted by Crippen LogP contribution is -2.10. The molecule has 0 N–H and O–H groups in total. The molecule has 0 saturated heterocycles. The molecule has 3 aromatic rings. The van der Waals surface area contributed by atoms with E-state index in [0.29, 0.717) is 44.4 Å². The van der Waals surface area contributed by atoms with Gasteiger partial charge in [-0.2, -0.15) is 0 Å². The van der Waals surface area contributed by atoms with Crippen LogP contribution in [0.4, 0.5) is 8.78 Å². The molecule has 2 aliphatic rings. The van der Waals surface area contributed by atoms with Gasteiger partial charge in [0.1, 0.15) is 18.1 Å². The highest BCUT2D eigenvalue weighted by Crippen LogP contribution is 2.29. The summed E-state index contributed by atoms with van der Waals surface area (Å²) in [5.74, 6) is -0.874. The maximum atomic E-state index is 14.2. The molecule has 5 rings (SSSR count). The summed E-state index contributed by atoms with van der Waals surface area (Å²) in [4.78, 5) is 8.81. The summed E-state index contributed by atoms with van der Waals surface area (Å²) >= 11 is 0. The Hall–Kier alpha value is -4.14. The van der Waals surface area contributed by atoms with E-state index < -0.39 is 11.6 Å². The zero-order valence-electron chi connectivity index (χ0n) is 21.9. The molecule has 0 saturated carbocycles. The highest BCUT2D eigenvalue weighted by molar-refractivity contribution is 5.68. The van der Waals surface area contributed by atoms with Crippen LogP contribution < -0.4 is 4.74 Å². The molecule has 0 spiro atoms. The molecule has 2 heterocycles. The molecule has 0 bridgehead atoms. The Morgan fingerprint density at radius 2 is 1.62 bits per heavy atom. The van der Waals surface area contributed by atoms with Crippen molar-refractivity contribution in [3.05, 3.63) is 102 Å². The normalized spacial score (nSPS) is 11.3. The molecule has 0 unspecified atom stereocenters. The fourth-order valence-electron chi connectivity index (χ4n) is 4.36. The summed E-state index contributed by atoms with van der Waals surface area (Å²) in [5.41, 5.74) is 5.80. The van der Waals surface area contributed by atoms with Crippen molar-refractivity contribution < 1.29 is 23.0 Å². The Morgan fingerprint density at radius 3 is 2.41 bits per heavy atom. The summed E-state index contributed by atoms with van der Waals surface area (Å²) < 4.78 is 46.0. The molecule has 6 nitrogen and oxygen atoms in total. The number of fused-ring (bicyclic) bond motifs is 1. The van der Waals surface area contributed by atoms with E-state index >= 15 is 0 Å². The summed E-state index contributed by atoms with van der Waals surface area (Å²) in [6, 6.07) is 20.3. The Kier molecular flexibility index (Phi) is 8.24. The third-order valence-corrected chi connectivity index (χ3v) is 6.38. The van der Waals surface area contributed by atoms with Crippen molar-refractivity contribution in [2.24, 2.45) is 0 Å². The molecule has 2 aliphatic heterocycles. The van der Waals surface area contributed by atoms with Gasteiger partial charge >= 0.3 is 0 Å². The quantitative estimate of drug-likeness (QED) is 0.186. The first-order valence-electron chi connectivity index (χ1n) is 12.7. The molecule has 0 fully saturated rings. The second-order valence-electron chi connectivity index (χ2n) is 9.16. The van der Waals surface area contributed by atoms with Gasteiger partial charge in [0.25, 0.3) is 0 Å². The van der Waals surface area contributed by atoms with Crippen molar-refractivity contribution in [3.63, 3.8) is 0 Å². The van der Waals surface area contributed by atoms with Gasteiger partial charge in [0, 0.05) is 26.0 Å². The summed E-state index contributed by atoms with van der Waals surface area (Å²) in [5, 5.41) is 0. The zero-order chi connectivity index (χ0) is 27.2. The highest BCUT2D eigenvalue weighted by Gasteiger charge is 2.17. The number of ether oxygens (including phenoxy) is 3. The smallest absolute Gasteiger partial charge is 0.169 e. The number of rotatable bonds is 11. The number of aromatic nitrogens is 3. The van der Waals surface area contributed by atoms with Gasteiger partial charge in [-0.1, -0.05) is 36.4 Å². The van der Waals surface area contributed by atoms with Crippen LogP contribution in [-0.4, -0.2) is 48.1 Å². The molecule has 8 heteroatoms. The van der Waals surface area contributed by atoms with E-state index in [-0.39, 0.29) is 11.4 Å². The summed E-state index contributed by atoms with van der Waals surface area (Å²) in [7, 11) is 1.65. The monoisotopic (exact) mass is 529 g/mol. The number of methoxy groups -OCH3 is 1. The number of pyridine rings is 1. The lowest BCUT2D eigenvalue weighted by molar-refractivity contribution is 0.0544. The van der Waals surface area contributed by atoms with E-state index in [0.717, 1.165) is 34.1 Å². The molecule has 200 valence electrons. The van der Waals surface area contributed by atoms with E-state index in [1.807, 2.05) is 35.2 Å². The van der Waals surface area contributed by atoms with Gasteiger partial charge in [-0.25, -0.2) is 18.7 Å². The number of aryl methyl sites for hydroxylation is 1. The Bertz CT molecular complexity index is 1520. The third-order valence-electron chi connectivity index (χ3n) is 6.38. The highest BCUT2D eigenvalue weighted by atomic mass is 19.2. The minimum Gasteiger partial charge on any atom is -0.491 e. The lowest BCUT2D eigenvalue weighted by Gasteiger charge is -2.12. The van der Waals surface area contributed by atoms with Crippen molar-refractivity contribution in [2.45, 2.75) is 13.5 Å². The van der Waals surface area contributed by atoms with Crippen LogP contribution in [0.2, 0.25) is 0 Å². The second kappa shape index (κ2) is 12.1. The summed E-state index contributed by atoms with van der Waals surface area (Å²) in [6.45, 7) is 4.83. The van der Waals surface area contributed by atoms with E-state index in [9.17, 15) is 8.78 Å². The average molecular weight is 530 g/mol. The third kappa shape index (κ3) is 6.30. The zero-order valence-corrected chi connectivity index (χ0v) is 21.9. The number of imidazole rings is 1. The van der Waals surface area contributed by atoms with Crippen molar-refractivity contribution in [3.8, 4) is 39.7 Å². The maximum absolute atomic E-state index is 14.2. The van der Waals surface area contributed by atoms with Gasteiger partial charge < -0.3 is 18.8 Å². The second-order valence-corrected chi connectivity index (χ2v) is 9.16. The Balaban J connectivity index is 1.24. The van der Waals surface area contributed by atoms with Gasteiger partial charge in [0.05, 0.1) is 31.1 Å². The van der Waals surface area contributed by atoms with Crippen LogP contribution in [0.15, 0.2) is 79.1 Å². The minimum absolute atomic E-state index is 0.0511. The number of halogens is 2. The SMILES string of the molecule is COCCOCCOc1ccc(-c2ccc(Cn3ccc4nc(-c5cccc(F)c5F)nc-4c3)cc2)c(C)c1. The number of hydrogen-bond acceptors (Lipinski definition) is 5. The predicted molar refractivity (Wildman–Crippen MR) is 146 cm³/mol. The van der Waals surface area contributed by atoms with E-state index in [1.54, 1.807) is 7.11 Å². The van der Waals surface area contributed by atoms with Crippen molar-refractivity contribution in [1.29, 1.82) is 0 Å². The standard InChI is InChI=1S/C31H29F2N3O3/c1-21-18-24(39-17-16-38-15-14-37-2)10-11-25(21)23-8-6-22(7-9-23)19-36-13-12-28-29(20-36)35-31(34-28)26-4-3-5-27(32)30(26)33/h3-13,18,20H,14-17,19H2,1-2H3. The predicted octanol–water partition coefficient (Wildman–Crippen LogP) is 6.39. The van der Waals surface area contributed by atoms with Gasteiger partial charge in [0.15, 0.2) is 17.5 Å². The molecule has 3 aromatic carbocycles. The van der Waals surface area contributed by atoms with Gasteiger partial charge in [-0.15, -0.1) is 0 Å². The number of hydrogen-bond donors (Lipinski definition) is 0. The average Bonchev–Trinajstić information content (AvgIpc) is 3.36. The molecule has 0 amide bonds. The summed E-state index contributed by atoms with van der Waals surface area (Å²) in [6.07, 6.45) is 3.77. The van der Waals surface area contributed by atoms with Crippen LogP contribution >= 0.6 is 0 Å². The molecular formula is C31H29F2N3O3. The Morgan fingerprint density at radius 1 is 0.821 bits per heavy atom. The van der Waals surface area contributed by atoms with Crippen LogP contribution in [0, 0.1) is 18.6 Å². The van der Waals surface area contributed by atoms with E-state index in [4.69, 9.17) is 14.2 Å². The van der Waals surface area contributed by atoms with Crippen LogP contribution in [0.25, 0.3) is 33.9 Å². The van der Waals surface area contributed by atoms with Crippen molar-refractivity contribution in [1.82, 2.24) is 14.5 Å². The molecule has 0 radical (unpaired) electrons. The van der Waals surface area contributed by atoms with Crippen LogP contribution in [0.5, 0.6) is 5.75 Å². The van der Waals surface area contributed by atoms with Crippen LogP contribution in [0.1, 0.15) is 11.1 Å². The van der Waals surface area contributed by atoms with Crippen LogP contribution in [0.3, 0.4) is 0 Å². The van der Waals surface area contributed by atoms with Gasteiger partial charge in [-0.3, -0.25) is 0 Å². The van der Waals surface area contributed by atoms with Crippen LogP contribution in [-0.2, 0) is 16.0 Å². The molecule has 0 aromatic heterocycles. The van der Waals surface area contributed by atoms with Crippen molar-refractivity contribution in [2.75, 3.05) is 33.5 Å². The van der Waals surface area contributed by atoms with E-state index in [2.05, 4.69) is 47.2 Å². The fraction of sp³-hybridized carbons (Fsp3) is 0.226. The first-order chi connectivity index (χ1) is 19.0. The molecular weight excluding hydrogens is 500 g/mol. The largest absolute Gasteiger partial charge is 0.491 e. The van der Waals surface area contributed by atoms with Crippen molar-refractivity contribution >= 4 is 0 Å². The maximum Gasteiger partial charge on any atom is 0.169 e. The van der Waals surface area contributed by atoms with Gasteiger partial charge in [0.2, 0.25) is 0 Å². The van der Waals surface area contributed by atoms with Gasteiger partial charge in [-0.05, 0) is 59.5 Å². The topological polar surface area (TPSA) is 58.4 Å². The first kappa shape index (κ1) is 26.5. The number of nitrogens with zero attached hydrogens (tertiary/aromatic N) is 3. The fourth-order valence-corrected chi connectivity index (χ4v) is 4.36. The van der Waals surface area contributed by atoms with E-state index in [1.165, 1.54) is 12.1 Å². The minimum atomic E-state index is -0.943. The lowest BCUT2D eigenvalue weighted by atomic mass is 9.99. The first-order valence-corrected chi connectivity index (χ1v) is 12.7. The molecule has 39 heavy (non-hydrogen) atoms. The molecule has 0 aliphatic carbocycles. The number of benzene rings is 3. The Labute approximate surface area is 226 Å². The molecule has 0 atom stereocenters.